The highest BCUT2D eigenvalue weighted by Crippen LogP contribution is 2.33. The molecule has 136 valence electrons. The minimum Gasteiger partial charge on any atom is -0.481 e. The van der Waals surface area contributed by atoms with Crippen LogP contribution in [0.3, 0.4) is 0 Å². The Morgan fingerprint density at radius 1 is 1.32 bits per heavy atom. The van der Waals surface area contributed by atoms with Crippen molar-refractivity contribution in [2.75, 3.05) is 6.54 Å². The fourth-order valence-electron chi connectivity index (χ4n) is 2.51. The van der Waals surface area contributed by atoms with Crippen LogP contribution in [-0.2, 0) is 11.0 Å². The zero-order valence-electron chi connectivity index (χ0n) is 13.7. The molecule has 25 heavy (non-hydrogen) atoms. The molecule has 0 unspecified atom stereocenters. The van der Waals surface area contributed by atoms with Crippen molar-refractivity contribution in [1.82, 2.24) is 14.9 Å². The fraction of sp³-hybridized carbons (Fsp3) is 0.438. The Kier molecular flexibility index (Phi) is 5.34. The zero-order valence-corrected chi connectivity index (χ0v) is 13.7. The first kappa shape index (κ1) is 18.8. The van der Waals surface area contributed by atoms with Crippen LogP contribution in [-0.4, -0.2) is 33.1 Å². The maximum atomic E-state index is 13.2. The number of fused-ring (bicyclic) bond motifs is 1. The number of alkyl halides is 3. The molecule has 9 heteroatoms. The Morgan fingerprint density at radius 3 is 2.56 bits per heavy atom. The van der Waals surface area contributed by atoms with Gasteiger partial charge in [-0.1, -0.05) is 0 Å². The van der Waals surface area contributed by atoms with Gasteiger partial charge < -0.3 is 15.0 Å². The van der Waals surface area contributed by atoms with E-state index in [4.69, 9.17) is 5.11 Å². The number of aromatic nitrogens is 2. The van der Waals surface area contributed by atoms with E-state index in [1.54, 1.807) is 13.8 Å². The Balaban J connectivity index is 2.28. The molecule has 0 spiro atoms. The number of nitrogens with one attached hydrogen (secondary N) is 1. The predicted molar refractivity (Wildman–Crippen MR) is 84.3 cm³/mol. The number of hydrogen-bond acceptors (Lipinski definition) is 3. The number of rotatable bonds is 6. The molecule has 2 N–H and O–H groups in total. The second-order valence-electron chi connectivity index (χ2n) is 5.85. The smallest absolute Gasteiger partial charge is 0.449 e. The normalized spacial score (nSPS) is 11.9. The van der Waals surface area contributed by atoms with Crippen LogP contribution < -0.4 is 5.32 Å². The van der Waals surface area contributed by atoms with Gasteiger partial charge >= 0.3 is 12.1 Å². The van der Waals surface area contributed by atoms with Crippen molar-refractivity contribution in [2.45, 2.75) is 38.9 Å². The third-order valence-electron chi connectivity index (χ3n) is 3.57. The van der Waals surface area contributed by atoms with E-state index in [9.17, 15) is 22.8 Å². The minimum absolute atomic E-state index is 0.0763. The Hall–Kier alpha value is -2.58. The Morgan fingerprint density at radius 2 is 2.00 bits per heavy atom. The number of amides is 1. The van der Waals surface area contributed by atoms with Crippen molar-refractivity contribution in [1.29, 1.82) is 0 Å². The van der Waals surface area contributed by atoms with Gasteiger partial charge in [0.2, 0.25) is 5.82 Å². The molecule has 1 aromatic carbocycles. The van der Waals surface area contributed by atoms with Gasteiger partial charge in [0.25, 0.3) is 5.91 Å². The number of carbonyl (C=O) groups excluding carboxylic acids is 1. The molecule has 0 aliphatic carbocycles. The van der Waals surface area contributed by atoms with Crippen molar-refractivity contribution in [3.63, 3.8) is 0 Å². The summed E-state index contributed by atoms with van der Waals surface area (Å²) in [6.07, 6.45) is -4.40. The highest BCUT2D eigenvalue weighted by atomic mass is 19.4. The molecular formula is C16H18F3N3O3. The highest BCUT2D eigenvalue weighted by molar-refractivity contribution is 5.97. The molecule has 2 rings (SSSR count). The SMILES string of the molecule is CC(C)n1c(C(F)(F)F)nc2cc(C(=O)NCCCC(=O)O)ccc21. The van der Waals surface area contributed by atoms with Gasteiger partial charge in [-0.15, -0.1) is 0 Å². The lowest BCUT2D eigenvalue weighted by Crippen LogP contribution is -2.24. The van der Waals surface area contributed by atoms with Crippen molar-refractivity contribution in [3.05, 3.63) is 29.6 Å². The maximum absolute atomic E-state index is 13.2. The number of halogens is 3. The van der Waals surface area contributed by atoms with Gasteiger partial charge in [0.15, 0.2) is 0 Å². The first-order valence-corrected chi connectivity index (χ1v) is 7.70. The second-order valence-corrected chi connectivity index (χ2v) is 5.85. The molecule has 1 amide bonds. The fourth-order valence-corrected chi connectivity index (χ4v) is 2.51. The summed E-state index contributed by atoms with van der Waals surface area (Å²) in [5.41, 5.74) is 0.550. The molecular weight excluding hydrogens is 339 g/mol. The van der Waals surface area contributed by atoms with Gasteiger partial charge in [0, 0.05) is 24.6 Å². The number of carbonyl (C=O) groups is 2. The second kappa shape index (κ2) is 7.12. The van der Waals surface area contributed by atoms with Crippen molar-refractivity contribution in [2.24, 2.45) is 0 Å². The van der Waals surface area contributed by atoms with Gasteiger partial charge in [-0.25, -0.2) is 4.98 Å². The summed E-state index contributed by atoms with van der Waals surface area (Å²) in [5, 5.41) is 11.1. The van der Waals surface area contributed by atoms with E-state index >= 15 is 0 Å². The quantitative estimate of drug-likeness (QED) is 0.778. The maximum Gasteiger partial charge on any atom is 0.449 e. The van der Waals surface area contributed by atoms with Crippen molar-refractivity contribution < 1.29 is 27.9 Å². The summed E-state index contributed by atoms with van der Waals surface area (Å²) >= 11 is 0. The summed E-state index contributed by atoms with van der Waals surface area (Å²) in [6.45, 7) is 3.41. The molecule has 0 saturated heterocycles. The minimum atomic E-state index is -4.59. The Bertz CT molecular complexity index is 797. The molecule has 6 nitrogen and oxygen atoms in total. The molecule has 0 saturated carbocycles. The third kappa shape index (κ3) is 4.28. The molecule has 2 aromatic rings. The van der Waals surface area contributed by atoms with E-state index in [1.165, 1.54) is 18.2 Å². The third-order valence-corrected chi connectivity index (χ3v) is 3.57. The molecule has 1 aromatic heterocycles. The van der Waals surface area contributed by atoms with E-state index in [1.807, 2.05) is 0 Å². The lowest BCUT2D eigenvalue weighted by atomic mass is 10.1. The number of hydrogen-bond donors (Lipinski definition) is 2. The average Bonchev–Trinajstić information content (AvgIpc) is 2.90. The molecule has 0 aliphatic heterocycles. The van der Waals surface area contributed by atoms with Crippen molar-refractivity contribution >= 4 is 22.9 Å². The van der Waals surface area contributed by atoms with Gasteiger partial charge in [0.1, 0.15) is 0 Å². The van der Waals surface area contributed by atoms with Crippen LogP contribution in [0.2, 0.25) is 0 Å². The van der Waals surface area contributed by atoms with Crippen LogP contribution >= 0.6 is 0 Å². The lowest BCUT2D eigenvalue weighted by molar-refractivity contribution is -0.147. The van der Waals surface area contributed by atoms with E-state index < -0.39 is 29.9 Å². The molecule has 0 radical (unpaired) electrons. The predicted octanol–water partition coefficient (Wildman–Crippen LogP) is 3.23. The number of aliphatic carboxylic acids is 1. The number of benzene rings is 1. The van der Waals surface area contributed by atoms with Crippen LogP contribution in [0.1, 0.15) is 48.9 Å². The summed E-state index contributed by atoms with van der Waals surface area (Å²) in [6, 6.07) is 3.72. The lowest BCUT2D eigenvalue weighted by Gasteiger charge is -2.14. The largest absolute Gasteiger partial charge is 0.481 e. The number of carboxylic acids is 1. The molecule has 0 aliphatic rings. The van der Waals surface area contributed by atoms with E-state index in [2.05, 4.69) is 10.3 Å². The van der Waals surface area contributed by atoms with Gasteiger partial charge in [-0.2, -0.15) is 13.2 Å². The number of imidazole rings is 1. The first-order valence-electron chi connectivity index (χ1n) is 7.70. The highest BCUT2D eigenvalue weighted by Gasteiger charge is 2.38. The van der Waals surface area contributed by atoms with Gasteiger partial charge in [0.05, 0.1) is 11.0 Å². The monoisotopic (exact) mass is 357 g/mol. The number of carboxylic acid groups (broad SMARTS) is 1. The van der Waals surface area contributed by atoms with Crippen LogP contribution in [0.15, 0.2) is 18.2 Å². The summed E-state index contributed by atoms with van der Waals surface area (Å²) in [4.78, 5) is 26.1. The topological polar surface area (TPSA) is 84.2 Å². The van der Waals surface area contributed by atoms with E-state index in [0.717, 1.165) is 4.57 Å². The Labute approximate surface area is 141 Å². The summed E-state index contributed by atoms with van der Waals surface area (Å²) < 4.78 is 40.6. The summed E-state index contributed by atoms with van der Waals surface area (Å²) in [7, 11) is 0. The van der Waals surface area contributed by atoms with E-state index in [0.29, 0.717) is 5.52 Å². The van der Waals surface area contributed by atoms with Gasteiger partial charge in [-0.3, -0.25) is 9.59 Å². The van der Waals surface area contributed by atoms with Crippen LogP contribution in [0.4, 0.5) is 13.2 Å². The standard InChI is InChI=1S/C16H18F3N3O3/c1-9(2)22-12-6-5-10(14(25)20-7-3-4-13(23)24)8-11(12)21-15(22)16(17,18)19/h5-6,8-9H,3-4,7H2,1-2H3,(H,20,25)(H,23,24). The molecule has 0 atom stereocenters. The number of nitrogens with zero attached hydrogens (tertiary/aromatic N) is 2. The van der Waals surface area contributed by atoms with Crippen molar-refractivity contribution in [3.8, 4) is 0 Å². The molecule has 0 bridgehead atoms. The van der Waals surface area contributed by atoms with E-state index in [-0.39, 0.29) is 30.5 Å². The molecule has 0 fully saturated rings. The first-order chi connectivity index (χ1) is 11.6. The average molecular weight is 357 g/mol. The van der Waals surface area contributed by atoms with Crippen LogP contribution in [0.25, 0.3) is 11.0 Å². The molecule has 1 heterocycles. The van der Waals surface area contributed by atoms with Crippen LogP contribution in [0.5, 0.6) is 0 Å². The van der Waals surface area contributed by atoms with Gasteiger partial charge in [-0.05, 0) is 38.5 Å². The van der Waals surface area contributed by atoms with Crippen LogP contribution in [0, 0.1) is 0 Å². The summed E-state index contributed by atoms with van der Waals surface area (Å²) in [5.74, 6) is -2.45. The zero-order chi connectivity index (χ0) is 18.8.